The van der Waals surface area contributed by atoms with E-state index in [0.29, 0.717) is 5.56 Å². The Morgan fingerprint density at radius 2 is 1.76 bits per heavy atom. The highest BCUT2D eigenvalue weighted by Crippen LogP contribution is 2.14. The van der Waals surface area contributed by atoms with Gasteiger partial charge in [0, 0.05) is 15.3 Å². The lowest BCUT2D eigenvalue weighted by atomic mass is 10.2. The van der Waals surface area contributed by atoms with Gasteiger partial charge < -0.3 is 5.32 Å². The molecule has 0 aliphatic rings. The Balaban J connectivity index is 1.72. The van der Waals surface area contributed by atoms with Crippen LogP contribution >= 0.6 is 23.1 Å². The number of thioether (sulfide) groups is 1. The van der Waals surface area contributed by atoms with Crippen LogP contribution in [0.3, 0.4) is 0 Å². The van der Waals surface area contributed by atoms with Crippen LogP contribution in [-0.4, -0.2) is 24.3 Å². The number of hydrogen-bond donors (Lipinski definition) is 2. The van der Waals surface area contributed by atoms with Gasteiger partial charge in [0.15, 0.2) is 0 Å². The third-order valence-electron chi connectivity index (χ3n) is 3.85. The summed E-state index contributed by atoms with van der Waals surface area (Å²) in [6, 6.07) is 20.3. The number of carbonyl (C=O) groups excluding carboxylic acids is 2. The zero-order valence-electron chi connectivity index (χ0n) is 15.7. The van der Waals surface area contributed by atoms with Gasteiger partial charge in [-0.25, -0.2) is 5.43 Å². The summed E-state index contributed by atoms with van der Waals surface area (Å²) in [7, 11) is 0. The molecule has 0 bridgehead atoms. The van der Waals surface area contributed by atoms with Gasteiger partial charge in [-0.05, 0) is 53.6 Å². The summed E-state index contributed by atoms with van der Waals surface area (Å²) in [6.07, 6.45) is 5.20. The van der Waals surface area contributed by atoms with Crippen LogP contribution in [0.5, 0.6) is 0 Å². The lowest BCUT2D eigenvalue weighted by Crippen LogP contribution is -2.32. The average Bonchev–Trinajstić information content (AvgIpc) is 3.27. The predicted octanol–water partition coefficient (Wildman–Crippen LogP) is 4.39. The van der Waals surface area contributed by atoms with Gasteiger partial charge in [0.05, 0.1) is 6.21 Å². The van der Waals surface area contributed by atoms with E-state index in [1.165, 1.54) is 11.3 Å². The fraction of sp³-hybridized carbons (Fsp3) is 0.0455. The number of rotatable bonds is 7. The highest BCUT2D eigenvalue weighted by Gasteiger charge is 2.14. The monoisotopic (exact) mass is 421 g/mol. The first-order chi connectivity index (χ1) is 14.2. The van der Waals surface area contributed by atoms with Crippen LogP contribution in [0.4, 0.5) is 0 Å². The van der Waals surface area contributed by atoms with Crippen LogP contribution in [0.25, 0.3) is 6.08 Å². The average molecular weight is 422 g/mol. The van der Waals surface area contributed by atoms with E-state index in [0.717, 1.165) is 15.3 Å². The molecule has 146 valence electrons. The van der Waals surface area contributed by atoms with Gasteiger partial charge in [-0.3, -0.25) is 9.59 Å². The van der Waals surface area contributed by atoms with Gasteiger partial charge in [0.2, 0.25) is 0 Å². The first-order valence-electron chi connectivity index (χ1n) is 8.75. The molecule has 1 heterocycles. The molecule has 5 nitrogen and oxygen atoms in total. The molecule has 0 aliphatic heterocycles. The first kappa shape index (κ1) is 20.6. The number of hydrazone groups is 1. The third kappa shape index (κ3) is 6.17. The molecule has 1 aromatic heterocycles. The molecule has 2 aromatic carbocycles. The molecule has 7 heteroatoms. The maximum Gasteiger partial charge on any atom is 0.287 e. The first-order valence-corrected chi connectivity index (χ1v) is 10.9. The lowest BCUT2D eigenvalue weighted by Gasteiger charge is -2.08. The molecule has 0 saturated carbocycles. The number of nitrogens with one attached hydrogen (secondary N) is 2. The van der Waals surface area contributed by atoms with Crippen LogP contribution in [0.2, 0.25) is 0 Å². The second-order valence-electron chi connectivity index (χ2n) is 5.87. The Bertz CT molecular complexity index is 1010. The largest absolute Gasteiger partial charge is 0.317 e. The van der Waals surface area contributed by atoms with Gasteiger partial charge in [-0.2, -0.15) is 5.10 Å². The minimum Gasteiger partial charge on any atom is -0.317 e. The maximum atomic E-state index is 12.6. The van der Waals surface area contributed by atoms with Crippen LogP contribution in [0, 0.1) is 0 Å². The Morgan fingerprint density at radius 3 is 2.41 bits per heavy atom. The Morgan fingerprint density at radius 1 is 1.00 bits per heavy atom. The smallest absolute Gasteiger partial charge is 0.287 e. The summed E-state index contributed by atoms with van der Waals surface area (Å²) in [5.41, 5.74) is 3.93. The summed E-state index contributed by atoms with van der Waals surface area (Å²) < 4.78 is 0. The zero-order valence-corrected chi connectivity index (χ0v) is 17.3. The summed E-state index contributed by atoms with van der Waals surface area (Å²) >= 11 is 3.12. The molecule has 0 saturated heterocycles. The number of carbonyl (C=O) groups is 2. The van der Waals surface area contributed by atoms with Gasteiger partial charge in [-0.15, -0.1) is 23.1 Å². The fourth-order valence-electron chi connectivity index (χ4n) is 2.37. The molecular formula is C22H19N3O2S2. The number of amides is 2. The van der Waals surface area contributed by atoms with Gasteiger partial charge in [0.1, 0.15) is 5.70 Å². The van der Waals surface area contributed by atoms with Crippen molar-refractivity contribution in [3.63, 3.8) is 0 Å². The van der Waals surface area contributed by atoms with Crippen LogP contribution in [0.1, 0.15) is 20.8 Å². The van der Waals surface area contributed by atoms with E-state index < -0.39 is 5.91 Å². The second-order valence-corrected chi connectivity index (χ2v) is 7.72. The van der Waals surface area contributed by atoms with Crippen molar-refractivity contribution in [3.05, 3.63) is 93.8 Å². The van der Waals surface area contributed by atoms with Crippen molar-refractivity contribution in [1.29, 1.82) is 0 Å². The number of hydrogen-bond acceptors (Lipinski definition) is 5. The van der Waals surface area contributed by atoms with Gasteiger partial charge in [0.25, 0.3) is 11.8 Å². The standard InChI is InChI=1S/C22H19N3O2S2/c1-28-18-11-9-16(10-12-18)15-23-25-22(27)20(14-19-8-5-13-29-19)24-21(26)17-6-3-2-4-7-17/h2-15H,1H3,(H,24,26)(H,25,27)/b20-14+,23-15+. The van der Waals surface area contributed by atoms with Gasteiger partial charge in [-0.1, -0.05) is 36.4 Å². The molecule has 2 amide bonds. The van der Waals surface area contributed by atoms with Crippen molar-refractivity contribution in [2.24, 2.45) is 5.10 Å². The molecule has 0 aliphatic carbocycles. The third-order valence-corrected chi connectivity index (χ3v) is 5.42. The maximum absolute atomic E-state index is 12.6. The van der Waals surface area contributed by atoms with Crippen molar-refractivity contribution in [2.75, 3.05) is 6.26 Å². The molecule has 0 unspecified atom stereocenters. The van der Waals surface area contributed by atoms with E-state index in [4.69, 9.17) is 0 Å². The number of nitrogens with zero attached hydrogens (tertiary/aromatic N) is 1. The lowest BCUT2D eigenvalue weighted by molar-refractivity contribution is -0.117. The van der Waals surface area contributed by atoms with Crippen molar-refractivity contribution >= 4 is 47.2 Å². The topological polar surface area (TPSA) is 70.6 Å². The predicted molar refractivity (Wildman–Crippen MR) is 120 cm³/mol. The normalized spacial score (nSPS) is 11.4. The summed E-state index contributed by atoms with van der Waals surface area (Å²) in [5.74, 6) is -0.861. The Kier molecular flexibility index (Phi) is 7.38. The van der Waals surface area contributed by atoms with Crippen molar-refractivity contribution in [3.8, 4) is 0 Å². The zero-order chi connectivity index (χ0) is 20.5. The summed E-state index contributed by atoms with van der Waals surface area (Å²) in [6.45, 7) is 0. The highest BCUT2D eigenvalue weighted by molar-refractivity contribution is 7.98. The van der Waals surface area contributed by atoms with Crippen LogP contribution < -0.4 is 10.7 Å². The quantitative estimate of drug-likeness (QED) is 0.257. The van der Waals surface area contributed by atoms with E-state index in [9.17, 15) is 9.59 Å². The van der Waals surface area contributed by atoms with Crippen LogP contribution in [-0.2, 0) is 4.79 Å². The fourth-order valence-corrected chi connectivity index (χ4v) is 3.44. The van der Waals surface area contributed by atoms with E-state index >= 15 is 0 Å². The Hall–Kier alpha value is -3.16. The molecule has 29 heavy (non-hydrogen) atoms. The number of benzene rings is 2. The van der Waals surface area contributed by atoms with E-state index in [1.807, 2.05) is 54.1 Å². The second kappa shape index (κ2) is 10.4. The van der Waals surface area contributed by atoms with Crippen molar-refractivity contribution < 1.29 is 9.59 Å². The van der Waals surface area contributed by atoms with Crippen LogP contribution in [0.15, 0.2) is 87.8 Å². The highest BCUT2D eigenvalue weighted by atomic mass is 32.2. The van der Waals surface area contributed by atoms with Gasteiger partial charge >= 0.3 is 0 Å². The van der Waals surface area contributed by atoms with Crippen molar-refractivity contribution in [1.82, 2.24) is 10.7 Å². The molecule has 0 radical (unpaired) electrons. The van der Waals surface area contributed by atoms with Crippen molar-refractivity contribution in [2.45, 2.75) is 4.90 Å². The molecule has 3 aromatic rings. The minimum absolute atomic E-state index is 0.121. The molecule has 2 N–H and O–H groups in total. The number of thiophene rings is 1. The minimum atomic E-state index is -0.500. The van der Waals surface area contributed by atoms with E-state index in [-0.39, 0.29) is 11.6 Å². The van der Waals surface area contributed by atoms with E-state index in [2.05, 4.69) is 15.8 Å². The molecule has 0 atom stereocenters. The SMILES string of the molecule is CSc1ccc(/C=N/NC(=O)/C(=C\c2cccs2)NC(=O)c2ccccc2)cc1. The summed E-state index contributed by atoms with van der Waals surface area (Å²) in [5, 5.41) is 8.58. The summed E-state index contributed by atoms with van der Waals surface area (Å²) in [4.78, 5) is 27.1. The Labute approximate surface area is 177 Å². The molecular weight excluding hydrogens is 402 g/mol. The van der Waals surface area contributed by atoms with E-state index in [1.54, 1.807) is 48.3 Å². The molecule has 3 rings (SSSR count). The molecule has 0 fully saturated rings. The molecule has 0 spiro atoms.